The minimum absolute atomic E-state index is 0.227. The molecule has 2 rings (SSSR count). The van der Waals surface area contributed by atoms with Gasteiger partial charge in [0.2, 0.25) is 5.91 Å². The molecular formula is C15H22N2O. The number of nitrogens with one attached hydrogen (secondary N) is 1. The van der Waals surface area contributed by atoms with Gasteiger partial charge in [0.1, 0.15) is 5.54 Å². The van der Waals surface area contributed by atoms with Gasteiger partial charge in [0, 0.05) is 5.69 Å². The van der Waals surface area contributed by atoms with E-state index >= 15 is 0 Å². The molecule has 1 aromatic carbocycles. The Balaban J connectivity index is 2.25. The third-order valence-corrected chi connectivity index (χ3v) is 4.16. The molecule has 0 aliphatic heterocycles. The Morgan fingerprint density at radius 3 is 2.56 bits per heavy atom. The number of hydrogen-bond acceptors (Lipinski definition) is 2. The van der Waals surface area contributed by atoms with Gasteiger partial charge in [0.05, 0.1) is 0 Å². The molecule has 1 aromatic rings. The Kier molecular flexibility index (Phi) is 3.60. The summed E-state index contributed by atoms with van der Waals surface area (Å²) < 4.78 is 0. The van der Waals surface area contributed by atoms with Crippen molar-refractivity contribution in [3.63, 3.8) is 0 Å². The molecule has 18 heavy (non-hydrogen) atoms. The number of aryl methyl sites for hydroxylation is 1. The fraction of sp³-hybridized carbons (Fsp3) is 0.533. The van der Waals surface area contributed by atoms with E-state index in [2.05, 4.69) is 19.2 Å². The van der Waals surface area contributed by atoms with Crippen molar-refractivity contribution in [3.8, 4) is 0 Å². The molecule has 0 saturated heterocycles. The zero-order valence-electron chi connectivity index (χ0n) is 11.2. The van der Waals surface area contributed by atoms with Gasteiger partial charge in [0.15, 0.2) is 0 Å². The van der Waals surface area contributed by atoms with E-state index in [9.17, 15) is 4.79 Å². The van der Waals surface area contributed by atoms with Crippen LogP contribution < -0.4 is 11.1 Å². The summed E-state index contributed by atoms with van der Waals surface area (Å²) in [7, 11) is 0. The van der Waals surface area contributed by atoms with Crippen molar-refractivity contribution in [1.29, 1.82) is 0 Å². The molecule has 0 bridgehead atoms. The molecule has 1 saturated carbocycles. The summed E-state index contributed by atoms with van der Waals surface area (Å²) in [4.78, 5) is 11.9. The average Bonchev–Trinajstić information content (AvgIpc) is 2.35. The number of hydrogen-bond donors (Lipinski definition) is 2. The molecule has 1 aliphatic carbocycles. The van der Waals surface area contributed by atoms with Crippen LogP contribution in [0, 0.1) is 12.8 Å². The van der Waals surface area contributed by atoms with E-state index in [1.165, 1.54) is 12.0 Å². The van der Waals surface area contributed by atoms with Crippen LogP contribution in [0.3, 0.4) is 0 Å². The molecule has 1 aliphatic rings. The van der Waals surface area contributed by atoms with E-state index in [0.717, 1.165) is 24.9 Å². The number of nitrogens with two attached hydrogens (primary N) is 1. The van der Waals surface area contributed by atoms with Crippen LogP contribution in [0.25, 0.3) is 0 Å². The first-order valence-electron chi connectivity index (χ1n) is 6.69. The third-order valence-electron chi connectivity index (χ3n) is 4.16. The van der Waals surface area contributed by atoms with Gasteiger partial charge in [-0.1, -0.05) is 37.5 Å². The lowest BCUT2D eigenvalue weighted by Gasteiger charge is -2.41. The van der Waals surface area contributed by atoms with Crippen LogP contribution in [0.2, 0.25) is 0 Å². The van der Waals surface area contributed by atoms with E-state index in [-0.39, 0.29) is 11.8 Å². The summed E-state index contributed by atoms with van der Waals surface area (Å²) in [5.74, 6) is 0.0559. The second kappa shape index (κ2) is 5.01. The fourth-order valence-corrected chi connectivity index (χ4v) is 2.85. The number of amides is 1. The van der Waals surface area contributed by atoms with Gasteiger partial charge in [-0.3, -0.25) is 4.79 Å². The molecule has 98 valence electrons. The molecular weight excluding hydrogens is 224 g/mol. The molecule has 0 spiro atoms. The molecule has 2 atom stereocenters. The van der Waals surface area contributed by atoms with Crippen LogP contribution >= 0.6 is 0 Å². The van der Waals surface area contributed by atoms with Crippen LogP contribution in [-0.4, -0.2) is 11.4 Å². The maximum absolute atomic E-state index is 11.9. The van der Waals surface area contributed by atoms with E-state index in [1.54, 1.807) is 0 Å². The van der Waals surface area contributed by atoms with E-state index in [1.807, 2.05) is 24.3 Å². The van der Waals surface area contributed by atoms with Gasteiger partial charge >= 0.3 is 0 Å². The molecule has 1 amide bonds. The Hall–Kier alpha value is -1.51. The molecule has 0 heterocycles. The van der Waals surface area contributed by atoms with Gasteiger partial charge in [-0.25, -0.2) is 0 Å². The van der Waals surface area contributed by atoms with Crippen LogP contribution in [0.4, 0.5) is 5.69 Å². The van der Waals surface area contributed by atoms with Gasteiger partial charge < -0.3 is 11.1 Å². The molecule has 1 fully saturated rings. The second-order valence-electron chi connectivity index (χ2n) is 5.47. The maximum atomic E-state index is 11.9. The highest BCUT2D eigenvalue weighted by molar-refractivity contribution is 5.88. The zero-order valence-corrected chi connectivity index (χ0v) is 11.2. The number of anilines is 1. The highest BCUT2D eigenvalue weighted by Crippen LogP contribution is 2.36. The van der Waals surface area contributed by atoms with Gasteiger partial charge in [-0.2, -0.15) is 0 Å². The third kappa shape index (κ3) is 2.35. The minimum Gasteiger partial charge on any atom is -0.371 e. The van der Waals surface area contributed by atoms with Crippen molar-refractivity contribution in [2.24, 2.45) is 11.7 Å². The standard InChI is InChI=1S/C15H22N2O/c1-11-6-8-13(9-7-11)17-15(14(16)18)10-4-3-5-12(15)2/h6-9,12,17H,3-5,10H2,1-2H3,(H2,16,18). The quantitative estimate of drug-likeness (QED) is 0.861. The van der Waals surface area contributed by atoms with Crippen molar-refractivity contribution in [2.75, 3.05) is 5.32 Å². The number of carbonyl (C=O) groups is 1. The number of benzene rings is 1. The first-order valence-corrected chi connectivity index (χ1v) is 6.69. The van der Waals surface area contributed by atoms with Crippen LogP contribution in [-0.2, 0) is 4.79 Å². The van der Waals surface area contributed by atoms with Crippen molar-refractivity contribution in [1.82, 2.24) is 0 Å². The molecule has 2 unspecified atom stereocenters. The summed E-state index contributed by atoms with van der Waals surface area (Å²) in [5.41, 5.74) is 7.29. The van der Waals surface area contributed by atoms with Crippen LogP contribution in [0.15, 0.2) is 24.3 Å². The van der Waals surface area contributed by atoms with Crippen molar-refractivity contribution < 1.29 is 4.79 Å². The first kappa shape index (κ1) is 12.9. The Bertz CT molecular complexity index is 427. The first-order chi connectivity index (χ1) is 8.54. The van der Waals surface area contributed by atoms with Crippen LogP contribution in [0.1, 0.15) is 38.2 Å². The lowest BCUT2D eigenvalue weighted by molar-refractivity contribution is -0.124. The van der Waals surface area contributed by atoms with E-state index < -0.39 is 5.54 Å². The molecule has 0 radical (unpaired) electrons. The predicted octanol–water partition coefficient (Wildman–Crippen LogP) is 2.84. The maximum Gasteiger partial charge on any atom is 0.243 e. The predicted molar refractivity (Wildman–Crippen MR) is 74.4 cm³/mol. The molecule has 3 heteroatoms. The summed E-state index contributed by atoms with van der Waals surface area (Å²) in [6, 6.07) is 8.12. The zero-order chi connectivity index (χ0) is 13.2. The topological polar surface area (TPSA) is 55.1 Å². The summed E-state index contributed by atoms with van der Waals surface area (Å²) in [6.45, 7) is 4.17. The molecule has 3 N–H and O–H groups in total. The lowest BCUT2D eigenvalue weighted by atomic mass is 9.73. The summed E-state index contributed by atoms with van der Waals surface area (Å²) >= 11 is 0. The van der Waals surface area contributed by atoms with E-state index in [0.29, 0.717) is 0 Å². The summed E-state index contributed by atoms with van der Waals surface area (Å²) in [6.07, 6.45) is 4.14. The number of rotatable bonds is 3. The normalized spacial score (nSPS) is 27.8. The molecule has 0 aromatic heterocycles. The van der Waals surface area contributed by atoms with E-state index in [4.69, 9.17) is 5.73 Å². The second-order valence-corrected chi connectivity index (χ2v) is 5.47. The smallest absolute Gasteiger partial charge is 0.243 e. The Morgan fingerprint density at radius 1 is 1.33 bits per heavy atom. The van der Waals surface area contributed by atoms with Gasteiger partial charge in [-0.15, -0.1) is 0 Å². The lowest BCUT2D eigenvalue weighted by Crippen LogP contribution is -2.56. The van der Waals surface area contributed by atoms with Crippen molar-refractivity contribution >= 4 is 11.6 Å². The van der Waals surface area contributed by atoms with Crippen molar-refractivity contribution in [3.05, 3.63) is 29.8 Å². The fourth-order valence-electron chi connectivity index (χ4n) is 2.85. The average molecular weight is 246 g/mol. The van der Waals surface area contributed by atoms with Gasteiger partial charge in [-0.05, 0) is 37.8 Å². The minimum atomic E-state index is -0.576. The monoisotopic (exact) mass is 246 g/mol. The highest BCUT2D eigenvalue weighted by Gasteiger charge is 2.43. The number of carbonyl (C=O) groups excluding carboxylic acids is 1. The highest BCUT2D eigenvalue weighted by atomic mass is 16.1. The summed E-state index contributed by atoms with van der Waals surface area (Å²) in [5, 5.41) is 3.40. The Labute approximate surface area is 109 Å². The largest absolute Gasteiger partial charge is 0.371 e. The number of primary amides is 1. The van der Waals surface area contributed by atoms with Crippen molar-refractivity contribution in [2.45, 2.75) is 45.1 Å². The SMILES string of the molecule is Cc1ccc(NC2(C(N)=O)CCCCC2C)cc1. The Morgan fingerprint density at radius 2 is 2.00 bits per heavy atom. The van der Waals surface area contributed by atoms with Crippen LogP contribution in [0.5, 0.6) is 0 Å². The van der Waals surface area contributed by atoms with Gasteiger partial charge in [0.25, 0.3) is 0 Å². The molecule has 3 nitrogen and oxygen atoms in total.